The molecule has 0 aliphatic carbocycles. The number of ether oxygens (including phenoxy) is 1. The highest BCUT2D eigenvalue weighted by molar-refractivity contribution is 5.24. The molecule has 20 heavy (non-hydrogen) atoms. The minimum Gasteiger partial charge on any atom is -0.372 e. The van der Waals surface area contributed by atoms with E-state index < -0.39 is 0 Å². The Labute approximate surface area is 124 Å². The number of aryl methyl sites for hydroxylation is 1. The second kappa shape index (κ2) is 9.95. The third kappa shape index (κ3) is 6.06. The lowest BCUT2D eigenvalue weighted by molar-refractivity contribution is 0.0311. The van der Waals surface area contributed by atoms with Crippen LogP contribution in [0.2, 0.25) is 0 Å². The van der Waals surface area contributed by atoms with Gasteiger partial charge in [0, 0.05) is 12.6 Å². The van der Waals surface area contributed by atoms with Crippen molar-refractivity contribution in [2.24, 2.45) is 5.73 Å². The van der Waals surface area contributed by atoms with E-state index in [4.69, 9.17) is 10.5 Å². The Morgan fingerprint density at radius 3 is 2.25 bits per heavy atom. The van der Waals surface area contributed by atoms with Crippen LogP contribution in [0.5, 0.6) is 0 Å². The highest BCUT2D eigenvalue weighted by Gasteiger charge is 2.18. The normalized spacial score (nSPS) is 14.2. The third-order valence-corrected chi connectivity index (χ3v) is 3.81. The number of hydrogen-bond donors (Lipinski definition) is 1. The van der Waals surface area contributed by atoms with Crippen molar-refractivity contribution in [1.29, 1.82) is 0 Å². The molecule has 2 N–H and O–H groups in total. The second-order valence-corrected chi connectivity index (χ2v) is 5.69. The van der Waals surface area contributed by atoms with Gasteiger partial charge in [-0.05, 0) is 25.3 Å². The summed E-state index contributed by atoms with van der Waals surface area (Å²) in [5.74, 6) is 0. The molecule has 2 heteroatoms. The minimum atomic E-state index is 0.0341. The molecule has 0 aliphatic rings. The van der Waals surface area contributed by atoms with Crippen molar-refractivity contribution >= 4 is 0 Å². The van der Waals surface area contributed by atoms with Gasteiger partial charge in [0.05, 0.1) is 6.10 Å². The molecule has 2 atom stereocenters. The summed E-state index contributed by atoms with van der Waals surface area (Å²) in [5, 5.41) is 0. The van der Waals surface area contributed by atoms with Gasteiger partial charge in [-0.2, -0.15) is 0 Å². The molecule has 0 radical (unpaired) electrons. The lowest BCUT2D eigenvalue weighted by atomic mass is 10.00. The highest BCUT2D eigenvalue weighted by atomic mass is 16.5. The quantitative estimate of drug-likeness (QED) is 0.626. The minimum absolute atomic E-state index is 0.0341. The fourth-order valence-corrected chi connectivity index (χ4v) is 2.35. The zero-order valence-electron chi connectivity index (χ0n) is 13.4. The van der Waals surface area contributed by atoms with Crippen LogP contribution in [0.4, 0.5) is 0 Å². The maximum Gasteiger partial charge on any atom is 0.0975 e. The Bertz CT molecular complexity index is 347. The predicted octanol–water partition coefficient (Wildman–Crippen LogP) is 4.76. The van der Waals surface area contributed by atoms with Gasteiger partial charge < -0.3 is 10.5 Å². The summed E-state index contributed by atoms with van der Waals surface area (Å²) < 4.78 is 6.08. The van der Waals surface area contributed by atoms with Crippen LogP contribution in [-0.2, 0) is 4.74 Å². The molecule has 1 aromatic carbocycles. The number of benzene rings is 1. The Kier molecular flexibility index (Phi) is 8.56. The molecule has 0 fully saturated rings. The van der Waals surface area contributed by atoms with Gasteiger partial charge in [0.2, 0.25) is 0 Å². The van der Waals surface area contributed by atoms with Crippen molar-refractivity contribution in [3.63, 3.8) is 0 Å². The second-order valence-electron chi connectivity index (χ2n) is 5.69. The topological polar surface area (TPSA) is 35.2 Å². The molecule has 0 saturated carbocycles. The number of rotatable bonds is 10. The van der Waals surface area contributed by atoms with Crippen LogP contribution in [0, 0.1) is 6.92 Å². The molecule has 2 nitrogen and oxygen atoms in total. The van der Waals surface area contributed by atoms with E-state index in [9.17, 15) is 0 Å². The van der Waals surface area contributed by atoms with E-state index in [2.05, 4.69) is 45.0 Å². The van der Waals surface area contributed by atoms with Crippen LogP contribution in [0.3, 0.4) is 0 Å². The Morgan fingerprint density at radius 1 is 1.00 bits per heavy atom. The summed E-state index contributed by atoms with van der Waals surface area (Å²) in [5.41, 5.74) is 8.71. The lowest BCUT2D eigenvalue weighted by Crippen LogP contribution is -2.29. The molecule has 0 aromatic heterocycles. The first-order valence-electron chi connectivity index (χ1n) is 8.12. The summed E-state index contributed by atoms with van der Waals surface area (Å²) in [6.45, 7) is 7.28. The van der Waals surface area contributed by atoms with E-state index in [1.54, 1.807) is 0 Å². The molecule has 1 rings (SSSR count). The number of nitrogens with two attached hydrogens (primary N) is 1. The molecule has 0 heterocycles. The maximum atomic E-state index is 6.22. The highest BCUT2D eigenvalue weighted by Crippen LogP contribution is 2.23. The average Bonchev–Trinajstić information content (AvgIpc) is 2.47. The van der Waals surface area contributed by atoms with Gasteiger partial charge in [-0.1, -0.05) is 69.4 Å². The zero-order valence-corrected chi connectivity index (χ0v) is 13.4. The van der Waals surface area contributed by atoms with Crippen molar-refractivity contribution in [3.05, 3.63) is 35.4 Å². The van der Waals surface area contributed by atoms with Crippen LogP contribution in [0.15, 0.2) is 24.3 Å². The largest absolute Gasteiger partial charge is 0.372 e. The van der Waals surface area contributed by atoms with E-state index in [0.29, 0.717) is 0 Å². The first-order chi connectivity index (χ1) is 9.69. The van der Waals surface area contributed by atoms with Crippen molar-refractivity contribution < 1.29 is 4.74 Å². The molecule has 0 saturated heterocycles. The molecule has 1 aromatic rings. The van der Waals surface area contributed by atoms with Crippen LogP contribution < -0.4 is 5.73 Å². The molecular weight excluding hydrogens is 246 g/mol. The van der Waals surface area contributed by atoms with E-state index >= 15 is 0 Å². The van der Waals surface area contributed by atoms with Gasteiger partial charge in [-0.15, -0.1) is 0 Å². The summed E-state index contributed by atoms with van der Waals surface area (Å²) in [4.78, 5) is 0. The summed E-state index contributed by atoms with van der Waals surface area (Å²) in [6, 6.07) is 8.64. The van der Waals surface area contributed by atoms with E-state index in [1.807, 2.05) is 0 Å². The zero-order chi connectivity index (χ0) is 14.8. The molecule has 0 amide bonds. The van der Waals surface area contributed by atoms with Gasteiger partial charge in [-0.25, -0.2) is 0 Å². The summed E-state index contributed by atoms with van der Waals surface area (Å²) in [7, 11) is 0. The monoisotopic (exact) mass is 277 g/mol. The average molecular weight is 277 g/mol. The van der Waals surface area contributed by atoms with Crippen molar-refractivity contribution in [3.8, 4) is 0 Å². The Morgan fingerprint density at radius 2 is 1.65 bits per heavy atom. The standard InChI is InChI=1S/C18H31NO/c1-4-6-7-8-9-14-20-18(17(19)5-2)16-12-10-15(3)11-13-16/h10-13,17-18H,4-9,14,19H2,1-3H3. The maximum absolute atomic E-state index is 6.22. The Hall–Kier alpha value is -0.860. The van der Waals surface area contributed by atoms with Crippen molar-refractivity contribution in [1.82, 2.24) is 0 Å². The lowest BCUT2D eigenvalue weighted by Gasteiger charge is -2.24. The number of hydrogen-bond acceptors (Lipinski definition) is 2. The van der Waals surface area contributed by atoms with Crippen molar-refractivity contribution in [2.75, 3.05) is 6.61 Å². The first kappa shape index (κ1) is 17.2. The van der Waals surface area contributed by atoms with Gasteiger partial charge in [0.25, 0.3) is 0 Å². The molecule has 0 spiro atoms. The van der Waals surface area contributed by atoms with Crippen molar-refractivity contribution in [2.45, 2.75) is 71.4 Å². The fraction of sp³-hybridized carbons (Fsp3) is 0.667. The van der Waals surface area contributed by atoms with Gasteiger partial charge in [-0.3, -0.25) is 0 Å². The van der Waals surface area contributed by atoms with Crippen LogP contribution >= 0.6 is 0 Å². The van der Waals surface area contributed by atoms with Gasteiger partial charge in [0.1, 0.15) is 0 Å². The van der Waals surface area contributed by atoms with Crippen LogP contribution in [0.25, 0.3) is 0 Å². The summed E-state index contributed by atoms with van der Waals surface area (Å²) in [6.07, 6.45) is 7.30. The molecule has 0 bridgehead atoms. The van der Waals surface area contributed by atoms with Gasteiger partial charge in [0.15, 0.2) is 0 Å². The Balaban J connectivity index is 2.46. The van der Waals surface area contributed by atoms with Crippen LogP contribution in [-0.4, -0.2) is 12.6 Å². The van der Waals surface area contributed by atoms with E-state index in [-0.39, 0.29) is 12.1 Å². The SMILES string of the molecule is CCCCCCCOC(c1ccc(C)cc1)C(N)CC. The first-order valence-corrected chi connectivity index (χ1v) is 8.12. The summed E-state index contributed by atoms with van der Waals surface area (Å²) >= 11 is 0. The fourth-order valence-electron chi connectivity index (χ4n) is 2.35. The molecular formula is C18H31NO. The molecule has 2 unspecified atom stereocenters. The predicted molar refractivity (Wildman–Crippen MR) is 86.9 cm³/mol. The van der Waals surface area contributed by atoms with Gasteiger partial charge >= 0.3 is 0 Å². The molecule has 0 aliphatic heterocycles. The molecule has 114 valence electrons. The van der Waals surface area contributed by atoms with E-state index in [1.165, 1.54) is 36.8 Å². The number of unbranched alkanes of at least 4 members (excludes halogenated alkanes) is 4. The smallest absolute Gasteiger partial charge is 0.0975 e. The van der Waals surface area contributed by atoms with Crippen LogP contribution in [0.1, 0.15) is 69.6 Å². The van der Waals surface area contributed by atoms with E-state index in [0.717, 1.165) is 19.4 Å². The third-order valence-electron chi connectivity index (χ3n) is 3.81.